The summed E-state index contributed by atoms with van der Waals surface area (Å²) in [6, 6.07) is 4.22. The smallest absolute Gasteiger partial charge is 0.382 e. The number of hydrogen-bond donors (Lipinski definition) is 0. The van der Waals surface area contributed by atoms with Gasteiger partial charge in [-0.05, 0) is 18.4 Å². The summed E-state index contributed by atoms with van der Waals surface area (Å²) in [7, 11) is -4.18. The van der Waals surface area contributed by atoms with Crippen LogP contribution in [-0.2, 0) is 10.1 Å². The molecule has 1 heterocycles. The van der Waals surface area contributed by atoms with E-state index in [2.05, 4.69) is 14.4 Å². The number of nitro groups is 1. The Hall–Kier alpha value is -2.14. The van der Waals surface area contributed by atoms with Crippen LogP contribution in [0.3, 0.4) is 0 Å². The van der Waals surface area contributed by atoms with Crippen molar-refractivity contribution in [2.24, 2.45) is 0 Å². The van der Waals surface area contributed by atoms with Crippen LogP contribution in [0.25, 0.3) is 0 Å². The Kier molecular flexibility index (Phi) is 3.90. The van der Waals surface area contributed by atoms with Gasteiger partial charge in [-0.3, -0.25) is 10.1 Å². The average molecular weight is 317 g/mol. The molecule has 11 heteroatoms. The van der Waals surface area contributed by atoms with E-state index < -0.39 is 21.1 Å². The molecule has 0 atom stereocenters. The molecule has 0 bridgehead atoms. The molecular formula is C9H7N3O6S2. The fraction of sp³-hybridized carbons (Fsp3) is 0.111. The molecule has 0 saturated heterocycles. The predicted octanol–water partition coefficient (Wildman–Crippen LogP) is 1.47. The van der Waals surface area contributed by atoms with Crippen molar-refractivity contribution < 1.29 is 21.9 Å². The van der Waals surface area contributed by atoms with Gasteiger partial charge in [-0.1, -0.05) is 22.0 Å². The van der Waals surface area contributed by atoms with Crippen LogP contribution in [0.1, 0.15) is 0 Å². The first-order valence-electron chi connectivity index (χ1n) is 4.99. The first-order chi connectivity index (χ1) is 9.42. The number of non-ortho nitro benzene ring substituents is 1. The third-order valence-electron chi connectivity index (χ3n) is 2.08. The van der Waals surface area contributed by atoms with Crippen LogP contribution in [0.5, 0.6) is 6.08 Å². The Morgan fingerprint density at radius 1 is 1.30 bits per heavy atom. The van der Waals surface area contributed by atoms with Crippen LogP contribution in [0.2, 0.25) is 0 Å². The summed E-state index contributed by atoms with van der Waals surface area (Å²) in [6.07, 6.45) is 1.15. The lowest BCUT2D eigenvalue weighted by Gasteiger charge is -2.01. The maximum Gasteiger partial charge on any atom is 0.431 e. The minimum absolute atomic E-state index is 0.152. The van der Waals surface area contributed by atoms with Crippen LogP contribution in [0.4, 0.5) is 5.69 Å². The third kappa shape index (κ3) is 3.05. The van der Waals surface area contributed by atoms with Crippen molar-refractivity contribution in [3.8, 4) is 6.08 Å². The second-order valence-electron chi connectivity index (χ2n) is 3.33. The van der Waals surface area contributed by atoms with Crippen LogP contribution in [0.15, 0.2) is 38.8 Å². The Labute approximate surface area is 117 Å². The third-order valence-corrected chi connectivity index (χ3v) is 3.81. The number of rotatable bonds is 5. The first kappa shape index (κ1) is 14.3. The fourth-order valence-electron chi connectivity index (χ4n) is 1.19. The van der Waals surface area contributed by atoms with Gasteiger partial charge in [0.1, 0.15) is 4.90 Å². The van der Waals surface area contributed by atoms with Gasteiger partial charge < -0.3 is 8.60 Å². The van der Waals surface area contributed by atoms with E-state index in [1.165, 1.54) is 0 Å². The van der Waals surface area contributed by atoms with Crippen molar-refractivity contribution in [3.05, 3.63) is 34.4 Å². The number of thioether (sulfide) groups is 1. The molecule has 9 nitrogen and oxygen atoms in total. The molecule has 106 valence electrons. The molecule has 0 aliphatic heterocycles. The van der Waals surface area contributed by atoms with Crippen LogP contribution in [0, 0.1) is 10.1 Å². The number of aromatic nitrogens is 2. The van der Waals surface area contributed by atoms with E-state index >= 15 is 0 Å². The Morgan fingerprint density at radius 2 is 1.95 bits per heavy atom. The van der Waals surface area contributed by atoms with E-state index in [0.29, 0.717) is 0 Å². The summed E-state index contributed by atoms with van der Waals surface area (Å²) >= 11 is 1.13. The maximum absolute atomic E-state index is 11.9. The Bertz CT molecular complexity index is 724. The largest absolute Gasteiger partial charge is 0.431 e. The summed E-state index contributed by atoms with van der Waals surface area (Å²) in [5.41, 5.74) is -0.230. The van der Waals surface area contributed by atoms with Gasteiger partial charge in [0.25, 0.3) is 10.9 Å². The molecule has 2 aromatic rings. The van der Waals surface area contributed by atoms with E-state index in [0.717, 1.165) is 36.0 Å². The number of nitrogens with zero attached hydrogens (tertiary/aromatic N) is 3. The summed E-state index contributed by atoms with van der Waals surface area (Å²) in [6.45, 7) is 0. The van der Waals surface area contributed by atoms with Crippen molar-refractivity contribution >= 4 is 27.6 Å². The standard InChI is InChI=1S/C9H7N3O6S2/c1-19-9-11-10-8(17-9)18-20(15,16)7-4-2-6(3-5-7)12(13)14/h2-5H,1H3. The van der Waals surface area contributed by atoms with Crippen molar-refractivity contribution in [2.45, 2.75) is 10.1 Å². The van der Waals surface area contributed by atoms with Gasteiger partial charge in [0.15, 0.2) is 0 Å². The second-order valence-corrected chi connectivity index (χ2v) is 5.63. The molecule has 0 aliphatic rings. The fourth-order valence-corrected chi connectivity index (χ4v) is 2.29. The van der Waals surface area contributed by atoms with Gasteiger partial charge in [0.2, 0.25) is 0 Å². The molecule has 0 spiro atoms. The summed E-state index contributed by atoms with van der Waals surface area (Å²) in [4.78, 5) is 9.58. The first-order valence-corrected chi connectivity index (χ1v) is 7.62. The zero-order valence-electron chi connectivity index (χ0n) is 9.92. The number of benzene rings is 1. The lowest BCUT2D eigenvalue weighted by Crippen LogP contribution is -2.10. The normalized spacial score (nSPS) is 11.2. The highest BCUT2D eigenvalue weighted by atomic mass is 32.2. The quantitative estimate of drug-likeness (QED) is 0.348. The van der Waals surface area contributed by atoms with Gasteiger partial charge in [0.05, 0.1) is 4.92 Å². The van der Waals surface area contributed by atoms with Gasteiger partial charge in [-0.15, -0.1) is 0 Å². The van der Waals surface area contributed by atoms with E-state index in [9.17, 15) is 18.5 Å². The second kappa shape index (κ2) is 5.46. The van der Waals surface area contributed by atoms with Crippen molar-refractivity contribution in [2.75, 3.05) is 6.26 Å². The monoisotopic (exact) mass is 317 g/mol. The van der Waals surface area contributed by atoms with E-state index in [4.69, 9.17) is 4.42 Å². The lowest BCUT2D eigenvalue weighted by atomic mass is 10.3. The average Bonchev–Trinajstić information content (AvgIpc) is 2.85. The lowest BCUT2D eigenvalue weighted by molar-refractivity contribution is -0.384. The SMILES string of the molecule is CSc1nnc(OS(=O)(=O)c2ccc([N+](=O)[O-])cc2)o1. The zero-order valence-corrected chi connectivity index (χ0v) is 11.6. The van der Waals surface area contributed by atoms with Crippen molar-refractivity contribution in [1.82, 2.24) is 10.2 Å². The molecule has 0 radical (unpaired) electrons. The molecule has 0 saturated carbocycles. The summed E-state index contributed by atoms with van der Waals surface area (Å²) < 4.78 is 33.2. The number of hydrogen-bond acceptors (Lipinski definition) is 9. The van der Waals surface area contributed by atoms with Gasteiger partial charge in [-0.25, -0.2) is 0 Å². The molecule has 2 rings (SSSR count). The Balaban J connectivity index is 2.23. The summed E-state index contributed by atoms with van der Waals surface area (Å²) in [5.74, 6) is 0. The minimum Gasteiger partial charge on any atom is -0.382 e. The highest BCUT2D eigenvalue weighted by molar-refractivity contribution is 7.98. The van der Waals surface area contributed by atoms with Gasteiger partial charge in [-0.2, -0.15) is 8.42 Å². The van der Waals surface area contributed by atoms with Gasteiger partial charge >= 0.3 is 16.2 Å². The molecular weight excluding hydrogens is 310 g/mol. The minimum atomic E-state index is -4.18. The highest BCUT2D eigenvalue weighted by Gasteiger charge is 2.21. The molecule has 0 aliphatic carbocycles. The number of nitro benzene ring substituents is 1. The molecule has 0 unspecified atom stereocenters. The van der Waals surface area contributed by atoms with Crippen LogP contribution >= 0.6 is 11.8 Å². The Morgan fingerprint density at radius 3 is 2.45 bits per heavy atom. The molecule has 1 aromatic carbocycles. The van der Waals surface area contributed by atoms with E-state index in [-0.39, 0.29) is 15.8 Å². The molecule has 0 amide bonds. The van der Waals surface area contributed by atoms with Crippen molar-refractivity contribution in [3.63, 3.8) is 0 Å². The van der Waals surface area contributed by atoms with Gasteiger partial charge in [0, 0.05) is 12.1 Å². The summed E-state index contributed by atoms with van der Waals surface area (Å²) in [5, 5.41) is 17.5. The molecule has 20 heavy (non-hydrogen) atoms. The highest BCUT2D eigenvalue weighted by Crippen LogP contribution is 2.22. The molecule has 1 aromatic heterocycles. The van der Waals surface area contributed by atoms with E-state index in [1.807, 2.05) is 0 Å². The zero-order chi connectivity index (χ0) is 14.8. The molecule has 0 fully saturated rings. The van der Waals surface area contributed by atoms with E-state index in [1.54, 1.807) is 6.26 Å². The van der Waals surface area contributed by atoms with Crippen LogP contribution < -0.4 is 4.18 Å². The van der Waals surface area contributed by atoms with Crippen molar-refractivity contribution in [1.29, 1.82) is 0 Å². The predicted molar refractivity (Wildman–Crippen MR) is 67.0 cm³/mol. The van der Waals surface area contributed by atoms with Crippen LogP contribution in [-0.4, -0.2) is 29.8 Å². The molecule has 0 N–H and O–H groups in total. The maximum atomic E-state index is 11.9. The topological polar surface area (TPSA) is 125 Å².